The molecule has 2 rings (SSSR count). The molecule has 1 aromatic rings. The second-order valence-corrected chi connectivity index (χ2v) is 4.76. The van der Waals surface area contributed by atoms with Crippen LogP contribution in [0.5, 0.6) is 0 Å². The summed E-state index contributed by atoms with van der Waals surface area (Å²) in [5.74, 6) is 0.300. The molecular formula is C13H18FN3O2. The van der Waals surface area contributed by atoms with Crippen molar-refractivity contribution in [2.24, 2.45) is 5.92 Å². The van der Waals surface area contributed by atoms with Gasteiger partial charge in [0.05, 0.1) is 12.8 Å². The van der Waals surface area contributed by atoms with E-state index in [0.717, 1.165) is 25.6 Å². The fourth-order valence-electron chi connectivity index (χ4n) is 2.08. The first kappa shape index (κ1) is 13.7. The number of aromatic nitrogens is 1. The van der Waals surface area contributed by atoms with Crippen molar-refractivity contribution in [1.82, 2.24) is 9.88 Å². The molecule has 1 unspecified atom stereocenters. The van der Waals surface area contributed by atoms with E-state index < -0.39 is 5.82 Å². The molecule has 2 heterocycles. The Balaban J connectivity index is 1.83. The number of halogens is 1. The molecule has 0 spiro atoms. The fraction of sp³-hybridized carbons (Fsp3) is 0.538. The maximum atomic E-state index is 12.7. The van der Waals surface area contributed by atoms with Gasteiger partial charge >= 0.3 is 6.03 Å². The Labute approximate surface area is 111 Å². The molecule has 0 radical (unpaired) electrons. The number of carbonyl (C=O) groups excluding carboxylic acids is 1. The van der Waals surface area contributed by atoms with Gasteiger partial charge in [-0.3, -0.25) is 5.32 Å². The van der Waals surface area contributed by atoms with Crippen LogP contribution >= 0.6 is 0 Å². The van der Waals surface area contributed by atoms with Crippen LogP contribution in [0.15, 0.2) is 18.3 Å². The molecule has 1 atom stereocenters. The molecule has 5 nitrogen and oxygen atoms in total. The molecule has 19 heavy (non-hydrogen) atoms. The quantitative estimate of drug-likeness (QED) is 0.912. The molecular weight excluding hydrogens is 249 g/mol. The lowest BCUT2D eigenvalue weighted by molar-refractivity contribution is 0.0464. The van der Waals surface area contributed by atoms with Crippen molar-refractivity contribution < 1.29 is 13.9 Å². The monoisotopic (exact) mass is 267 g/mol. The summed E-state index contributed by atoms with van der Waals surface area (Å²) in [6.45, 7) is 2.16. The highest BCUT2D eigenvalue weighted by atomic mass is 19.1. The van der Waals surface area contributed by atoms with Gasteiger partial charge in [-0.2, -0.15) is 0 Å². The first-order valence-electron chi connectivity index (χ1n) is 6.36. The van der Waals surface area contributed by atoms with E-state index in [1.165, 1.54) is 12.1 Å². The van der Waals surface area contributed by atoms with E-state index in [9.17, 15) is 9.18 Å². The van der Waals surface area contributed by atoms with E-state index in [-0.39, 0.29) is 6.03 Å². The Morgan fingerprint density at radius 1 is 1.63 bits per heavy atom. The number of urea groups is 1. The van der Waals surface area contributed by atoms with Crippen LogP contribution in [0.3, 0.4) is 0 Å². The minimum absolute atomic E-state index is 0.246. The van der Waals surface area contributed by atoms with Gasteiger partial charge in [0.1, 0.15) is 11.6 Å². The van der Waals surface area contributed by atoms with Gasteiger partial charge in [0, 0.05) is 26.1 Å². The molecule has 0 saturated carbocycles. The maximum Gasteiger partial charge on any atom is 0.322 e. The zero-order chi connectivity index (χ0) is 13.7. The normalized spacial score (nSPS) is 18.9. The molecule has 1 aliphatic rings. The average Bonchev–Trinajstić information content (AvgIpc) is 2.42. The highest BCUT2D eigenvalue weighted by molar-refractivity contribution is 5.88. The molecule has 1 N–H and O–H groups in total. The average molecular weight is 267 g/mol. The summed E-state index contributed by atoms with van der Waals surface area (Å²) in [4.78, 5) is 17.3. The molecule has 1 aliphatic heterocycles. The molecule has 104 valence electrons. The highest BCUT2D eigenvalue weighted by Gasteiger charge is 2.18. The maximum absolute atomic E-state index is 12.7. The Hall–Kier alpha value is -1.69. The van der Waals surface area contributed by atoms with Crippen molar-refractivity contribution in [2.75, 3.05) is 32.1 Å². The lowest BCUT2D eigenvalue weighted by atomic mass is 10.0. The van der Waals surface area contributed by atoms with E-state index in [2.05, 4.69) is 10.3 Å². The highest BCUT2D eigenvalue weighted by Crippen LogP contribution is 2.15. The van der Waals surface area contributed by atoms with E-state index >= 15 is 0 Å². The first-order chi connectivity index (χ1) is 9.15. The lowest BCUT2D eigenvalue weighted by Crippen LogP contribution is -2.37. The van der Waals surface area contributed by atoms with Crippen molar-refractivity contribution >= 4 is 11.8 Å². The number of pyridine rings is 1. The molecule has 1 aromatic heterocycles. The SMILES string of the molecule is CN(CC1CCCOC1)C(=O)Nc1ccc(F)cn1. The topological polar surface area (TPSA) is 54.5 Å². The minimum atomic E-state index is -0.425. The molecule has 6 heteroatoms. The van der Waals surface area contributed by atoms with Gasteiger partial charge < -0.3 is 9.64 Å². The summed E-state index contributed by atoms with van der Waals surface area (Å²) >= 11 is 0. The second-order valence-electron chi connectivity index (χ2n) is 4.76. The second kappa shape index (κ2) is 6.47. The van der Waals surface area contributed by atoms with Crippen LogP contribution in [0.4, 0.5) is 15.0 Å². The first-order valence-corrected chi connectivity index (χ1v) is 6.36. The van der Waals surface area contributed by atoms with Crippen LogP contribution in [0.1, 0.15) is 12.8 Å². The lowest BCUT2D eigenvalue weighted by Gasteiger charge is -2.27. The van der Waals surface area contributed by atoms with E-state index in [4.69, 9.17) is 4.74 Å². The van der Waals surface area contributed by atoms with Gasteiger partial charge in [-0.1, -0.05) is 0 Å². The van der Waals surface area contributed by atoms with E-state index in [1.54, 1.807) is 11.9 Å². The van der Waals surface area contributed by atoms with Crippen molar-refractivity contribution in [3.05, 3.63) is 24.1 Å². The van der Waals surface area contributed by atoms with E-state index in [0.29, 0.717) is 24.9 Å². The molecule has 0 bridgehead atoms. The predicted octanol–water partition coefficient (Wildman–Crippen LogP) is 2.11. The van der Waals surface area contributed by atoms with Crippen molar-refractivity contribution in [2.45, 2.75) is 12.8 Å². The third-order valence-corrected chi connectivity index (χ3v) is 3.10. The van der Waals surface area contributed by atoms with Crippen LogP contribution in [-0.4, -0.2) is 42.7 Å². The Morgan fingerprint density at radius 3 is 3.11 bits per heavy atom. The predicted molar refractivity (Wildman–Crippen MR) is 69.4 cm³/mol. The summed E-state index contributed by atoms with van der Waals surface area (Å²) < 4.78 is 18.1. The number of amides is 2. The van der Waals surface area contributed by atoms with Gasteiger partial charge in [-0.15, -0.1) is 0 Å². The zero-order valence-corrected chi connectivity index (χ0v) is 10.9. The van der Waals surface area contributed by atoms with Crippen LogP contribution in [0.2, 0.25) is 0 Å². The Morgan fingerprint density at radius 2 is 2.47 bits per heavy atom. The summed E-state index contributed by atoms with van der Waals surface area (Å²) in [5, 5.41) is 2.63. The number of nitrogens with one attached hydrogen (secondary N) is 1. The van der Waals surface area contributed by atoms with Crippen molar-refractivity contribution in [1.29, 1.82) is 0 Å². The summed E-state index contributed by atoms with van der Waals surface area (Å²) in [5.41, 5.74) is 0. The summed E-state index contributed by atoms with van der Waals surface area (Å²) in [6, 6.07) is 2.45. The van der Waals surface area contributed by atoms with Crippen LogP contribution < -0.4 is 5.32 Å². The van der Waals surface area contributed by atoms with Crippen molar-refractivity contribution in [3.8, 4) is 0 Å². The van der Waals surface area contributed by atoms with Crippen molar-refractivity contribution in [3.63, 3.8) is 0 Å². The number of anilines is 1. The molecule has 1 fully saturated rings. The number of carbonyl (C=O) groups is 1. The fourth-order valence-corrected chi connectivity index (χ4v) is 2.08. The number of hydrogen-bond acceptors (Lipinski definition) is 3. The summed E-state index contributed by atoms with van der Waals surface area (Å²) in [7, 11) is 1.73. The van der Waals surface area contributed by atoms with Gasteiger partial charge in [-0.05, 0) is 25.0 Å². The van der Waals surface area contributed by atoms with Crippen LogP contribution in [-0.2, 0) is 4.74 Å². The Kier molecular flexibility index (Phi) is 4.68. The third-order valence-electron chi connectivity index (χ3n) is 3.10. The van der Waals surface area contributed by atoms with E-state index in [1.807, 2.05) is 0 Å². The van der Waals surface area contributed by atoms with Crippen LogP contribution in [0, 0.1) is 11.7 Å². The smallest absolute Gasteiger partial charge is 0.322 e. The number of rotatable bonds is 3. The molecule has 1 saturated heterocycles. The number of nitrogens with zero attached hydrogens (tertiary/aromatic N) is 2. The standard InChI is InChI=1S/C13H18FN3O2/c1-17(8-10-3-2-6-19-9-10)13(18)16-12-5-4-11(14)7-15-12/h4-5,7,10H,2-3,6,8-9H2,1H3,(H,15,16,18). The Bertz CT molecular complexity index is 418. The van der Waals surface area contributed by atoms with Gasteiger partial charge in [-0.25, -0.2) is 14.2 Å². The third kappa shape index (κ3) is 4.17. The number of ether oxygens (including phenoxy) is 1. The van der Waals surface area contributed by atoms with Crippen LogP contribution in [0.25, 0.3) is 0 Å². The summed E-state index contributed by atoms with van der Waals surface area (Å²) in [6.07, 6.45) is 3.19. The van der Waals surface area contributed by atoms with Gasteiger partial charge in [0.2, 0.25) is 0 Å². The van der Waals surface area contributed by atoms with Gasteiger partial charge in [0.15, 0.2) is 0 Å². The van der Waals surface area contributed by atoms with Gasteiger partial charge in [0.25, 0.3) is 0 Å². The largest absolute Gasteiger partial charge is 0.381 e. The molecule has 0 aliphatic carbocycles. The molecule has 2 amide bonds. The number of hydrogen-bond donors (Lipinski definition) is 1. The molecule has 0 aromatic carbocycles. The minimum Gasteiger partial charge on any atom is -0.381 e. The zero-order valence-electron chi connectivity index (χ0n) is 10.9.